The Bertz CT molecular complexity index is 81.3. The number of Topliss-reactive ketones (excluding diaryl/α,β-unsaturated/α-hetero) is 1. The summed E-state index contributed by atoms with van der Waals surface area (Å²) in [6.07, 6.45) is 5.24. The van der Waals surface area contributed by atoms with E-state index in [2.05, 4.69) is 4.74 Å². The second-order valence-electron chi connectivity index (χ2n) is 2.51. The van der Waals surface area contributed by atoms with Crippen LogP contribution in [-0.4, -0.2) is 20.0 Å². The Morgan fingerprint density at radius 2 is 1.50 bits per heavy atom. The zero-order chi connectivity index (χ0) is 7.82. The zero-order valence-corrected chi connectivity index (χ0v) is 6.85. The van der Waals surface area contributed by atoms with Crippen molar-refractivity contribution in [3.8, 4) is 0 Å². The summed E-state index contributed by atoms with van der Waals surface area (Å²) in [7, 11) is 3.25. The van der Waals surface area contributed by atoms with Crippen molar-refractivity contribution in [3.05, 3.63) is 0 Å². The number of hydrogen-bond donors (Lipinski definition) is 0. The number of methoxy groups -OCH3 is 1. The molecule has 0 heterocycles. The average Bonchev–Trinajstić information content (AvgIpc) is 1.91. The van der Waals surface area contributed by atoms with Crippen molar-refractivity contribution in [1.82, 2.24) is 0 Å². The molecular formula is C8H16O2. The molecular weight excluding hydrogens is 128 g/mol. The topological polar surface area (TPSA) is 26.3 Å². The summed E-state index contributed by atoms with van der Waals surface area (Å²) >= 11 is 0. The Balaban J connectivity index is 0.000000236. The minimum Gasteiger partial charge on any atom is -0.388 e. The number of ketones is 1. The van der Waals surface area contributed by atoms with Crippen LogP contribution in [0.15, 0.2) is 0 Å². The van der Waals surface area contributed by atoms with Gasteiger partial charge in [-0.15, -0.1) is 0 Å². The largest absolute Gasteiger partial charge is 0.388 e. The lowest BCUT2D eigenvalue weighted by Crippen LogP contribution is -2.02. The molecule has 10 heavy (non-hydrogen) atoms. The van der Waals surface area contributed by atoms with E-state index in [-0.39, 0.29) is 0 Å². The van der Waals surface area contributed by atoms with Gasteiger partial charge in [0, 0.05) is 27.1 Å². The number of carbonyl (C=O) groups is 1. The fourth-order valence-electron chi connectivity index (χ4n) is 0.946. The van der Waals surface area contributed by atoms with E-state index in [1.165, 1.54) is 6.42 Å². The van der Waals surface area contributed by atoms with Crippen LogP contribution in [0.3, 0.4) is 0 Å². The average molecular weight is 144 g/mol. The first-order valence-electron chi connectivity index (χ1n) is 3.73. The van der Waals surface area contributed by atoms with E-state index in [1.807, 2.05) is 0 Å². The first-order valence-corrected chi connectivity index (χ1v) is 3.73. The quantitative estimate of drug-likeness (QED) is 0.518. The van der Waals surface area contributed by atoms with Crippen LogP contribution in [-0.2, 0) is 9.53 Å². The fraction of sp³-hybridized carbons (Fsp3) is 0.875. The van der Waals surface area contributed by atoms with Crippen molar-refractivity contribution in [3.63, 3.8) is 0 Å². The fourth-order valence-corrected chi connectivity index (χ4v) is 0.946. The van der Waals surface area contributed by atoms with E-state index < -0.39 is 0 Å². The normalized spacial score (nSPS) is 17.6. The molecule has 0 aromatic carbocycles. The lowest BCUT2D eigenvalue weighted by molar-refractivity contribution is -0.120. The SMILES string of the molecule is COC.O=C1CCCCC1. The molecule has 1 aliphatic carbocycles. The van der Waals surface area contributed by atoms with Gasteiger partial charge in [-0.2, -0.15) is 0 Å². The van der Waals surface area contributed by atoms with Gasteiger partial charge >= 0.3 is 0 Å². The van der Waals surface area contributed by atoms with Crippen molar-refractivity contribution in [2.45, 2.75) is 32.1 Å². The Morgan fingerprint density at radius 3 is 1.70 bits per heavy atom. The van der Waals surface area contributed by atoms with Gasteiger partial charge in [-0.05, 0) is 12.8 Å². The second kappa shape index (κ2) is 6.75. The van der Waals surface area contributed by atoms with Crippen molar-refractivity contribution in [1.29, 1.82) is 0 Å². The maximum atomic E-state index is 10.5. The highest BCUT2D eigenvalue weighted by atomic mass is 16.4. The summed E-state index contributed by atoms with van der Waals surface area (Å²) in [5.41, 5.74) is 0. The van der Waals surface area contributed by atoms with Crippen LogP contribution in [0.5, 0.6) is 0 Å². The van der Waals surface area contributed by atoms with E-state index in [0.29, 0.717) is 5.78 Å². The maximum absolute atomic E-state index is 10.5. The van der Waals surface area contributed by atoms with E-state index in [4.69, 9.17) is 0 Å². The van der Waals surface area contributed by atoms with Crippen LogP contribution < -0.4 is 0 Å². The van der Waals surface area contributed by atoms with E-state index in [1.54, 1.807) is 14.2 Å². The van der Waals surface area contributed by atoms with Crippen molar-refractivity contribution in [2.75, 3.05) is 14.2 Å². The highest BCUT2D eigenvalue weighted by molar-refractivity contribution is 5.78. The summed E-state index contributed by atoms with van der Waals surface area (Å²) in [4.78, 5) is 10.5. The minimum absolute atomic E-state index is 0.464. The van der Waals surface area contributed by atoms with Gasteiger partial charge < -0.3 is 4.74 Å². The second-order valence-corrected chi connectivity index (χ2v) is 2.51. The van der Waals surface area contributed by atoms with Crippen molar-refractivity contribution < 1.29 is 9.53 Å². The van der Waals surface area contributed by atoms with Gasteiger partial charge in [0.2, 0.25) is 0 Å². The minimum atomic E-state index is 0.464. The molecule has 0 spiro atoms. The first kappa shape index (κ1) is 9.63. The molecule has 1 fully saturated rings. The predicted octanol–water partition coefficient (Wildman–Crippen LogP) is 1.78. The first-order chi connectivity index (χ1) is 4.81. The number of hydrogen-bond acceptors (Lipinski definition) is 2. The monoisotopic (exact) mass is 144 g/mol. The molecule has 1 aliphatic rings. The molecule has 1 saturated carbocycles. The molecule has 60 valence electrons. The lowest BCUT2D eigenvalue weighted by Gasteiger charge is -2.05. The van der Waals surface area contributed by atoms with Crippen LogP contribution in [0.1, 0.15) is 32.1 Å². The lowest BCUT2D eigenvalue weighted by atomic mass is 10.00. The highest BCUT2D eigenvalue weighted by Gasteiger charge is 2.05. The number of rotatable bonds is 0. The Hall–Kier alpha value is -0.370. The molecule has 0 unspecified atom stereocenters. The summed E-state index contributed by atoms with van der Waals surface area (Å²) < 4.78 is 4.25. The van der Waals surface area contributed by atoms with Crippen LogP contribution in [0.2, 0.25) is 0 Å². The molecule has 0 saturated heterocycles. The third kappa shape index (κ3) is 5.76. The van der Waals surface area contributed by atoms with Crippen LogP contribution in [0, 0.1) is 0 Å². The summed E-state index contributed by atoms with van der Waals surface area (Å²) in [6, 6.07) is 0. The smallest absolute Gasteiger partial charge is 0.132 e. The van der Waals surface area contributed by atoms with Gasteiger partial charge in [0.15, 0.2) is 0 Å². The Kier molecular flexibility index (Phi) is 6.50. The maximum Gasteiger partial charge on any atom is 0.132 e. The van der Waals surface area contributed by atoms with Gasteiger partial charge in [0.1, 0.15) is 5.78 Å². The van der Waals surface area contributed by atoms with Crippen LogP contribution in [0.4, 0.5) is 0 Å². The Labute approximate surface area is 62.6 Å². The molecule has 0 bridgehead atoms. The van der Waals surface area contributed by atoms with Gasteiger partial charge in [-0.25, -0.2) is 0 Å². The number of ether oxygens (including phenoxy) is 1. The molecule has 0 aliphatic heterocycles. The molecule has 0 aromatic heterocycles. The molecule has 0 aromatic rings. The van der Waals surface area contributed by atoms with Gasteiger partial charge in [0.05, 0.1) is 0 Å². The predicted molar refractivity (Wildman–Crippen MR) is 41.0 cm³/mol. The molecule has 2 heteroatoms. The van der Waals surface area contributed by atoms with E-state index in [0.717, 1.165) is 25.7 Å². The molecule has 1 rings (SSSR count). The highest BCUT2D eigenvalue weighted by Crippen LogP contribution is 2.12. The third-order valence-electron chi connectivity index (χ3n) is 1.41. The van der Waals surface area contributed by atoms with Gasteiger partial charge in [-0.1, -0.05) is 6.42 Å². The van der Waals surface area contributed by atoms with Crippen LogP contribution >= 0.6 is 0 Å². The molecule has 0 N–H and O–H groups in total. The van der Waals surface area contributed by atoms with Crippen LogP contribution in [0.25, 0.3) is 0 Å². The van der Waals surface area contributed by atoms with E-state index in [9.17, 15) is 4.79 Å². The van der Waals surface area contributed by atoms with Crippen molar-refractivity contribution in [2.24, 2.45) is 0 Å². The standard InChI is InChI=1S/C6H10O.C2H6O/c7-6-4-2-1-3-5-6;1-3-2/h1-5H2;1-2H3. The van der Waals surface area contributed by atoms with Gasteiger partial charge in [0.25, 0.3) is 0 Å². The summed E-state index contributed by atoms with van der Waals surface area (Å²) in [5.74, 6) is 0.464. The summed E-state index contributed by atoms with van der Waals surface area (Å²) in [6.45, 7) is 0. The number of carbonyl (C=O) groups excluding carboxylic acids is 1. The molecule has 0 atom stereocenters. The zero-order valence-electron chi connectivity index (χ0n) is 6.85. The molecule has 0 radical (unpaired) electrons. The van der Waals surface area contributed by atoms with E-state index >= 15 is 0 Å². The third-order valence-corrected chi connectivity index (χ3v) is 1.41. The Morgan fingerprint density at radius 1 is 1.10 bits per heavy atom. The summed E-state index contributed by atoms with van der Waals surface area (Å²) in [5, 5.41) is 0. The van der Waals surface area contributed by atoms with Crippen molar-refractivity contribution >= 4 is 5.78 Å². The molecule has 0 amide bonds. The molecule has 2 nitrogen and oxygen atoms in total. The van der Waals surface area contributed by atoms with Gasteiger partial charge in [-0.3, -0.25) is 4.79 Å².